The van der Waals surface area contributed by atoms with Gasteiger partial charge in [-0.1, -0.05) is 6.92 Å². The molecule has 0 bridgehead atoms. The standard InChI is InChI=1S/C14H18N2O4/c1-2-7-16(10-4-5-10)14(20)15-9-3-6-11(13(18)19)12(17)8-9/h3,6,8,10,17H,2,4-5,7H2,1H3,(H,15,20)(H,18,19). The Bertz CT molecular complexity index is 526. The number of urea groups is 1. The van der Waals surface area contributed by atoms with Crippen LogP contribution >= 0.6 is 0 Å². The van der Waals surface area contributed by atoms with Crippen LogP contribution in [0.25, 0.3) is 0 Å². The van der Waals surface area contributed by atoms with Crippen molar-refractivity contribution in [1.82, 2.24) is 4.90 Å². The molecule has 2 rings (SSSR count). The first-order chi connectivity index (χ1) is 9.52. The number of anilines is 1. The summed E-state index contributed by atoms with van der Waals surface area (Å²) in [6.45, 7) is 2.70. The van der Waals surface area contributed by atoms with Gasteiger partial charge in [0.05, 0.1) is 0 Å². The van der Waals surface area contributed by atoms with E-state index in [0.29, 0.717) is 18.3 Å². The van der Waals surface area contributed by atoms with Crippen LogP contribution in [0.5, 0.6) is 5.75 Å². The first-order valence-electron chi connectivity index (χ1n) is 6.67. The number of aromatic carboxylic acids is 1. The lowest BCUT2D eigenvalue weighted by Gasteiger charge is -2.22. The minimum atomic E-state index is -1.20. The number of nitrogens with one attached hydrogen (secondary N) is 1. The predicted molar refractivity (Wildman–Crippen MR) is 74.1 cm³/mol. The van der Waals surface area contributed by atoms with Gasteiger partial charge in [0.1, 0.15) is 11.3 Å². The molecule has 3 N–H and O–H groups in total. The van der Waals surface area contributed by atoms with Crippen LogP contribution in [0.4, 0.5) is 10.5 Å². The largest absolute Gasteiger partial charge is 0.507 e. The fourth-order valence-corrected chi connectivity index (χ4v) is 2.06. The first-order valence-corrected chi connectivity index (χ1v) is 6.67. The summed E-state index contributed by atoms with van der Waals surface area (Å²) in [6.07, 6.45) is 2.93. The molecule has 1 aliphatic rings. The van der Waals surface area contributed by atoms with Gasteiger partial charge in [-0.15, -0.1) is 0 Å². The summed E-state index contributed by atoms with van der Waals surface area (Å²) in [5, 5.41) is 21.1. The van der Waals surface area contributed by atoms with E-state index in [1.54, 1.807) is 4.90 Å². The van der Waals surface area contributed by atoms with Crippen LogP contribution in [0.1, 0.15) is 36.5 Å². The average Bonchev–Trinajstić information content (AvgIpc) is 3.19. The number of rotatable bonds is 5. The lowest BCUT2D eigenvalue weighted by atomic mass is 10.2. The van der Waals surface area contributed by atoms with E-state index >= 15 is 0 Å². The molecule has 1 saturated carbocycles. The Labute approximate surface area is 117 Å². The van der Waals surface area contributed by atoms with Crippen LogP contribution in [-0.2, 0) is 0 Å². The molecule has 20 heavy (non-hydrogen) atoms. The second-order valence-corrected chi connectivity index (χ2v) is 4.89. The number of nitrogens with zero attached hydrogens (tertiary/aromatic N) is 1. The highest BCUT2D eigenvalue weighted by Gasteiger charge is 2.31. The molecule has 0 aromatic heterocycles. The normalized spacial score (nSPS) is 13.8. The third kappa shape index (κ3) is 3.20. The summed E-state index contributed by atoms with van der Waals surface area (Å²) in [5.41, 5.74) is 0.204. The second-order valence-electron chi connectivity index (χ2n) is 4.89. The maximum atomic E-state index is 12.1. The molecule has 2 amide bonds. The minimum Gasteiger partial charge on any atom is -0.507 e. The first kappa shape index (κ1) is 14.2. The van der Waals surface area contributed by atoms with E-state index in [4.69, 9.17) is 5.11 Å². The van der Waals surface area contributed by atoms with Crippen molar-refractivity contribution in [3.05, 3.63) is 23.8 Å². The Balaban J connectivity index is 2.07. The van der Waals surface area contributed by atoms with Crippen LogP contribution in [-0.4, -0.2) is 39.7 Å². The van der Waals surface area contributed by atoms with Gasteiger partial charge < -0.3 is 20.4 Å². The molecule has 0 spiro atoms. The summed E-state index contributed by atoms with van der Waals surface area (Å²) in [5.74, 6) is -1.56. The number of aromatic hydroxyl groups is 1. The summed E-state index contributed by atoms with van der Waals surface area (Å²) in [4.78, 5) is 24.7. The predicted octanol–water partition coefficient (Wildman–Crippen LogP) is 2.50. The van der Waals surface area contributed by atoms with Gasteiger partial charge in [0.15, 0.2) is 0 Å². The van der Waals surface area contributed by atoms with Crippen molar-refractivity contribution in [2.45, 2.75) is 32.2 Å². The third-order valence-corrected chi connectivity index (χ3v) is 3.19. The highest BCUT2D eigenvalue weighted by Crippen LogP contribution is 2.28. The van der Waals surface area contributed by atoms with Crippen LogP contribution in [0.15, 0.2) is 18.2 Å². The van der Waals surface area contributed by atoms with Gasteiger partial charge in [-0.3, -0.25) is 0 Å². The topological polar surface area (TPSA) is 89.9 Å². The fraction of sp³-hybridized carbons (Fsp3) is 0.429. The minimum absolute atomic E-state index is 0.185. The number of carboxylic acids is 1. The number of hydrogen-bond donors (Lipinski definition) is 3. The Hall–Kier alpha value is -2.24. The van der Waals surface area contributed by atoms with Crippen molar-refractivity contribution >= 4 is 17.7 Å². The molecule has 0 heterocycles. The maximum absolute atomic E-state index is 12.1. The number of carboxylic acid groups (broad SMARTS) is 1. The molecular weight excluding hydrogens is 260 g/mol. The third-order valence-electron chi connectivity index (χ3n) is 3.19. The molecule has 1 aromatic carbocycles. The van der Waals surface area contributed by atoms with Gasteiger partial charge in [-0.25, -0.2) is 9.59 Å². The molecule has 6 nitrogen and oxygen atoms in total. The summed E-state index contributed by atoms with van der Waals surface area (Å²) in [7, 11) is 0. The average molecular weight is 278 g/mol. The van der Waals surface area contributed by atoms with E-state index in [2.05, 4.69) is 5.32 Å². The Kier molecular flexibility index (Phi) is 4.12. The number of amides is 2. The zero-order valence-corrected chi connectivity index (χ0v) is 11.3. The summed E-state index contributed by atoms with van der Waals surface area (Å²) in [6, 6.07) is 4.09. The van der Waals surface area contributed by atoms with Gasteiger partial charge in [-0.05, 0) is 31.4 Å². The molecule has 1 aromatic rings. The summed E-state index contributed by atoms with van der Waals surface area (Å²) >= 11 is 0. The van der Waals surface area contributed by atoms with E-state index in [1.807, 2.05) is 6.92 Å². The molecule has 6 heteroatoms. The molecular formula is C14H18N2O4. The zero-order valence-electron chi connectivity index (χ0n) is 11.3. The number of hydrogen-bond acceptors (Lipinski definition) is 3. The molecule has 0 saturated heterocycles. The van der Waals surface area contributed by atoms with Crippen LogP contribution in [0.3, 0.4) is 0 Å². The maximum Gasteiger partial charge on any atom is 0.339 e. The Morgan fingerprint density at radius 2 is 2.10 bits per heavy atom. The van der Waals surface area contributed by atoms with E-state index in [9.17, 15) is 14.7 Å². The highest BCUT2D eigenvalue weighted by molar-refractivity contribution is 5.94. The van der Waals surface area contributed by atoms with Crippen LogP contribution < -0.4 is 5.32 Å². The fourth-order valence-electron chi connectivity index (χ4n) is 2.06. The van der Waals surface area contributed by atoms with Gasteiger partial charge >= 0.3 is 12.0 Å². The number of benzene rings is 1. The van der Waals surface area contributed by atoms with Crippen LogP contribution in [0, 0.1) is 0 Å². The zero-order chi connectivity index (χ0) is 14.7. The van der Waals surface area contributed by atoms with Crippen molar-refractivity contribution < 1.29 is 19.8 Å². The summed E-state index contributed by atoms with van der Waals surface area (Å²) < 4.78 is 0. The van der Waals surface area contributed by atoms with Crippen LogP contribution in [0.2, 0.25) is 0 Å². The van der Waals surface area contributed by atoms with Gasteiger partial charge in [0, 0.05) is 24.3 Å². The molecule has 0 aliphatic heterocycles. The molecule has 0 radical (unpaired) electrons. The quantitative estimate of drug-likeness (QED) is 0.772. The smallest absolute Gasteiger partial charge is 0.339 e. The van der Waals surface area contributed by atoms with E-state index in [1.165, 1.54) is 18.2 Å². The van der Waals surface area contributed by atoms with Crippen molar-refractivity contribution in [2.24, 2.45) is 0 Å². The van der Waals surface area contributed by atoms with E-state index < -0.39 is 5.97 Å². The SMILES string of the molecule is CCCN(C(=O)Nc1ccc(C(=O)O)c(O)c1)C1CC1. The lowest BCUT2D eigenvalue weighted by molar-refractivity contribution is 0.0694. The molecule has 1 aliphatic carbocycles. The highest BCUT2D eigenvalue weighted by atomic mass is 16.4. The van der Waals surface area contributed by atoms with Crippen molar-refractivity contribution in [2.75, 3.05) is 11.9 Å². The molecule has 0 atom stereocenters. The number of phenols is 1. The monoisotopic (exact) mass is 278 g/mol. The molecule has 108 valence electrons. The Morgan fingerprint density at radius 1 is 1.40 bits per heavy atom. The van der Waals surface area contributed by atoms with Crippen molar-refractivity contribution in [3.63, 3.8) is 0 Å². The van der Waals surface area contributed by atoms with Crippen molar-refractivity contribution in [3.8, 4) is 5.75 Å². The molecule has 1 fully saturated rings. The van der Waals surface area contributed by atoms with E-state index in [0.717, 1.165) is 19.3 Å². The lowest BCUT2D eigenvalue weighted by Crippen LogP contribution is -2.37. The number of carbonyl (C=O) groups is 2. The van der Waals surface area contributed by atoms with Gasteiger partial charge in [0.25, 0.3) is 0 Å². The number of carbonyl (C=O) groups excluding carboxylic acids is 1. The Morgan fingerprint density at radius 3 is 2.60 bits per heavy atom. The van der Waals surface area contributed by atoms with E-state index in [-0.39, 0.29) is 17.3 Å². The van der Waals surface area contributed by atoms with Gasteiger partial charge in [0.2, 0.25) is 0 Å². The van der Waals surface area contributed by atoms with Crippen molar-refractivity contribution in [1.29, 1.82) is 0 Å². The molecule has 0 unspecified atom stereocenters. The van der Waals surface area contributed by atoms with Gasteiger partial charge in [-0.2, -0.15) is 0 Å². The second kappa shape index (κ2) is 5.81.